The molecular formula is C25H22F3N3O3. The average Bonchev–Trinajstić information content (AvgIpc) is 3.06. The predicted octanol–water partition coefficient (Wildman–Crippen LogP) is 4.61. The van der Waals surface area contributed by atoms with Gasteiger partial charge in [-0.25, -0.2) is 0 Å². The summed E-state index contributed by atoms with van der Waals surface area (Å²) in [6.07, 6.45) is 0.0156. The number of nitrogens with zero attached hydrogens (tertiary/aromatic N) is 3. The summed E-state index contributed by atoms with van der Waals surface area (Å²) in [6.45, 7) is 1.92. The minimum Gasteiger partial charge on any atom is -0.489 e. The van der Waals surface area contributed by atoms with Gasteiger partial charge in [-0.3, -0.25) is 14.3 Å². The van der Waals surface area contributed by atoms with E-state index < -0.39 is 11.9 Å². The first-order chi connectivity index (χ1) is 16.3. The number of benzene rings is 1. The Bertz CT molecular complexity index is 1390. The fourth-order valence-corrected chi connectivity index (χ4v) is 4.13. The quantitative estimate of drug-likeness (QED) is 0.437. The molecule has 0 radical (unpaired) electrons. The zero-order chi connectivity index (χ0) is 23.9. The molecule has 0 aliphatic carbocycles. The van der Waals surface area contributed by atoms with E-state index in [1.165, 1.54) is 22.3 Å². The van der Waals surface area contributed by atoms with E-state index in [0.29, 0.717) is 17.0 Å². The second-order valence-electron chi connectivity index (χ2n) is 8.40. The number of aromatic nitrogens is 2. The second-order valence-corrected chi connectivity index (χ2v) is 8.40. The van der Waals surface area contributed by atoms with Crippen LogP contribution in [0.3, 0.4) is 0 Å². The maximum Gasteiger partial charge on any atom is 0.433 e. The van der Waals surface area contributed by atoms with Crippen molar-refractivity contribution in [3.05, 3.63) is 87.8 Å². The zero-order valence-corrected chi connectivity index (χ0v) is 18.4. The Morgan fingerprint density at radius 1 is 1.09 bits per heavy atom. The number of rotatable bonds is 4. The predicted molar refractivity (Wildman–Crippen MR) is 120 cm³/mol. The van der Waals surface area contributed by atoms with Gasteiger partial charge in [-0.05, 0) is 37.7 Å². The molecule has 0 atom stereocenters. The number of halogens is 3. The van der Waals surface area contributed by atoms with Crippen molar-refractivity contribution in [1.82, 2.24) is 14.5 Å². The highest BCUT2D eigenvalue weighted by atomic mass is 19.4. The van der Waals surface area contributed by atoms with Crippen molar-refractivity contribution in [3.8, 4) is 11.4 Å². The first-order valence-electron chi connectivity index (χ1n) is 10.9. The molecule has 176 valence electrons. The maximum absolute atomic E-state index is 12.7. The molecule has 0 spiro atoms. The van der Waals surface area contributed by atoms with Crippen molar-refractivity contribution in [2.24, 2.45) is 0 Å². The first-order valence-corrected chi connectivity index (χ1v) is 10.9. The van der Waals surface area contributed by atoms with Gasteiger partial charge in [0.2, 0.25) is 0 Å². The van der Waals surface area contributed by atoms with E-state index in [1.54, 1.807) is 12.3 Å². The van der Waals surface area contributed by atoms with Gasteiger partial charge in [-0.15, -0.1) is 0 Å². The van der Waals surface area contributed by atoms with Crippen LogP contribution in [0.1, 0.15) is 22.6 Å². The van der Waals surface area contributed by atoms with Gasteiger partial charge >= 0.3 is 6.18 Å². The van der Waals surface area contributed by atoms with Crippen molar-refractivity contribution in [2.45, 2.75) is 25.6 Å². The molecule has 9 heteroatoms. The van der Waals surface area contributed by atoms with Crippen LogP contribution in [-0.2, 0) is 25.6 Å². The molecule has 1 aliphatic heterocycles. The van der Waals surface area contributed by atoms with Crippen LogP contribution in [0.2, 0.25) is 0 Å². The van der Waals surface area contributed by atoms with Gasteiger partial charge in [0.05, 0.1) is 5.69 Å². The van der Waals surface area contributed by atoms with Crippen LogP contribution in [-0.4, -0.2) is 34.6 Å². The lowest BCUT2D eigenvalue weighted by molar-refractivity contribution is -0.141. The molecule has 0 amide bonds. The van der Waals surface area contributed by atoms with Gasteiger partial charge in [-0.1, -0.05) is 6.07 Å². The van der Waals surface area contributed by atoms with Crippen LogP contribution in [0.4, 0.5) is 13.2 Å². The zero-order valence-electron chi connectivity index (χ0n) is 18.4. The molecule has 4 aromatic rings. The van der Waals surface area contributed by atoms with Gasteiger partial charge in [0, 0.05) is 60.5 Å². The summed E-state index contributed by atoms with van der Waals surface area (Å²) in [7, 11) is 2.10. The monoisotopic (exact) mass is 469 g/mol. The summed E-state index contributed by atoms with van der Waals surface area (Å²) < 4.78 is 51.1. The first kappa shape index (κ1) is 22.2. The number of likely N-dealkylation sites (N-methyl/N-ethyl adjacent to an activating group) is 1. The van der Waals surface area contributed by atoms with Crippen molar-refractivity contribution in [3.63, 3.8) is 0 Å². The molecule has 0 saturated heterocycles. The normalized spacial score (nSPS) is 14.7. The van der Waals surface area contributed by atoms with E-state index in [4.69, 9.17) is 9.15 Å². The standard InChI is InChI=1S/C25H22F3N3O3/c1-30-9-7-20-19-4-3-17(12-22(19)34-21(20)8-10-30)31-11-6-18(13-24(31)32)33-15-16-2-5-23(29-14-16)25(26,27)28/h2-6,11-14H,7-10,15H2,1H3. The summed E-state index contributed by atoms with van der Waals surface area (Å²) >= 11 is 0. The molecule has 0 fully saturated rings. The summed E-state index contributed by atoms with van der Waals surface area (Å²) in [5.41, 5.74) is 1.88. The molecule has 6 nitrogen and oxygen atoms in total. The second kappa shape index (κ2) is 8.64. The summed E-state index contributed by atoms with van der Waals surface area (Å²) in [6, 6.07) is 10.9. The van der Waals surface area contributed by atoms with E-state index in [9.17, 15) is 18.0 Å². The van der Waals surface area contributed by atoms with Crippen LogP contribution < -0.4 is 10.3 Å². The molecule has 0 unspecified atom stereocenters. The molecule has 0 saturated carbocycles. The molecule has 34 heavy (non-hydrogen) atoms. The van der Waals surface area contributed by atoms with Crippen LogP contribution in [0, 0.1) is 0 Å². The molecule has 4 heterocycles. The van der Waals surface area contributed by atoms with E-state index in [-0.39, 0.29) is 12.2 Å². The van der Waals surface area contributed by atoms with Crippen LogP contribution in [0.5, 0.6) is 5.75 Å². The summed E-state index contributed by atoms with van der Waals surface area (Å²) in [4.78, 5) is 18.4. The minimum atomic E-state index is -4.49. The third-order valence-corrected chi connectivity index (χ3v) is 6.01. The lowest BCUT2D eigenvalue weighted by Crippen LogP contribution is -2.20. The summed E-state index contributed by atoms with van der Waals surface area (Å²) in [5, 5.41) is 1.08. The lowest BCUT2D eigenvalue weighted by Gasteiger charge is -2.11. The van der Waals surface area contributed by atoms with Gasteiger partial charge in [0.25, 0.3) is 5.56 Å². The number of alkyl halides is 3. The van der Waals surface area contributed by atoms with Crippen molar-refractivity contribution in [2.75, 3.05) is 20.1 Å². The average molecular weight is 469 g/mol. The van der Waals surface area contributed by atoms with Crippen molar-refractivity contribution in [1.29, 1.82) is 0 Å². The Morgan fingerprint density at radius 3 is 2.65 bits per heavy atom. The van der Waals surface area contributed by atoms with Crippen LogP contribution in [0.25, 0.3) is 16.7 Å². The van der Waals surface area contributed by atoms with E-state index in [1.807, 2.05) is 18.2 Å². The van der Waals surface area contributed by atoms with Gasteiger partial charge < -0.3 is 14.1 Å². The highest BCUT2D eigenvalue weighted by Gasteiger charge is 2.32. The third-order valence-electron chi connectivity index (χ3n) is 6.01. The highest BCUT2D eigenvalue weighted by molar-refractivity contribution is 5.84. The fraction of sp³-hybridized carbons (Fsp3) is 0.280. The smallest absolute Gasteiger partial charge is 0.433 e. The number of pyridine rings is 2. The van der Waals surface area contributed by atoms with E-state index in [0.717, 1.165) is 54.9 Å². The maximum atomic E-state index is 12.7. The number of hydrogen-bond donors (Lipinski definition) is 0. The van der Waals surface area contributed by atoms with E-state index >= 15 is 0 Å². The van der Waals surface area contributed by atoms with Gasteiger partial charge in [0.1, 0.15) is 29.4 Å². The summed E-state index contributed by atoms with van der Waals surface area (Å²) in [5.74, 6) is 1.32. The van der Waals surface area contributed by atoms with Crippen LogP contribution >= 0.6 is 0 Å². The van der Waals surface area contributed by atoms with Crippen LogP contribution in [0.15, 0.2) is 64.1 Å². The molecule has 3 aromatic heterocycles. The van der Waals surface area contributed by atoms with Crippen molar-refractivity contribution >= 4 is 11.0 Å². The number of hydrogen-bond acceptors (Lipinski definition) is 5. The topological polar surface area (TPSA) is 60.5 Å². The number of fused-ring (bicyclic) bond motifs is 3. The van der Waals surface area contributed by atoms with Crippen molar-refractivity contribution < 1.29 is 22.3 Å². The molecule has 1 aromatic carbocycles. The third kappa shape index (κ3) is 4.43. The Morgan fingerprint density at radius 2 is 1.91 bits per heavy atom. The Balaban J connectivity index is 1.33. The Hall–Kier alpha value is -3.59. The lowest BCUT2D eigenvalue weighted by atomic mass is 10.1. The molecular weight excluding hydrogens is 447 g/mol. The largest absolute Gasteiger partial charge is 0.489 e. The Labute approximate surface area is 193 Å². The van der Waals surface area contributed by atoms with Gasteiger partial charge in [0.15, 0.2) is 0 Å². The molecule has 0 N–H and O–H groups in total. The minimum absolute atomic E-state index is 0.00626. The SMILES string of the molecule is CN1CCc2oc3cc(-n4ccc(OCc5ccc(C(F)(F)F)nc5)cc4=O)ccc3c2CC1. The molecule has 1 aliphatic rings. The fourth-order valence-electron chi connectivity index (χ4n) is 4.13. The highest BCUT2D eigenvalue weighted by Crippen LogP contribution is 2.30. The molecule has 0 bridgehead atoms. The number of ether oxygens (including phenoxy) is 1. The Kier molecular flexibility index (Phi) is 5.65. The van der Waals surface area contributed by atoms with E-state index in [2.05, 4.69) is 16.9 Å². The number of furan rings is 1. The van der Waals surface area contributed by atoms with Gasteiger partial charge in [-0.2, -0.15) is 13.2 Å². The molecule has 5 rings (SSSR count).